The second-order valence-corrected chi connectivity index (χ2v) is 23.0. The van der Waals surface area contributed by atoms with Gasteiger partial charge in [0.05, 0.1) is 52.5 Å². The van der Waals surface area contributed by atoms with E-state index >= 15 is 4.39 Å². The smallest absolute Gasteiger partial charge is 0.477 e. The number of aromatic carboxylic acids is 1. The largest absolute Gasteiger partial charge is 0.489 e. The molecule has 0 bridgehead atoms. The minimum Gasteiger partial charge on any atom is -0.477 e. The van der Waals surface area contributed by atoms with Gasteiger partial charge in [-0.2, -0.15) is 0 Å². The average molecular weight is 1370 g/mol. The third kappa shape index (κ3) is 16.6. The molecule has 1 amide bonds. The number of fused-ring (bicyclic) bond motifs is 3. The van der Waals surface area contributed by atoms with Crippen LogP contribution in [0.5, 0.6) is 0 Å². The molecule has 0 radical (unpaired) electrons. The van der Waals surface area contributed by atoms with Crippen molar-refractivity contribution in [1.82, 2.24) is 33.7 Å². The topological polar surface area (TPSA) is 292 Å². The van der Waals surface area contributed by atoms with E-state index in [1.165, 1.54) is 32.2 Å². The van der Waals surface area contributed by atoms with Gasteiger partial charge in [-0.25, -0.2) is 27.3 Å². The Bertz CT molecular complexity index is 5070. The number of carboxylic acids is 1. The van der Waals surface area contributed by atoms with Crippen LogP contribution in [0.4, 0.5) is 30.2 Å². The van der Waals surface area contributed by atoms with Crippen LogP contribution in [0.3, 0.4) is 0 Å². The summed E-state index contributed by atoms with van der Waals surface area (Å²) in [6, 6.07) is 53.5. The highest BCUT2D eigenvalue weighted by Crippen LogP contribution is 2.33. The van der Waals surface area contributed by atoms with Crippen LogP contribution in [0, 0.1) is 31.3 Å². The number of nitrogen functional groups attached to an aromatic ring is 2. The van der Waals surface area contributed by atoms with Crippen LogP contribution in [0.25, 0.3) is 65.9 Å². The van der Waals surface area contributed by atoms with Crippen LogP contribution in [-0.2, 0) is 13.1 Å². The predicted molar refractivity (Wildman–Crippen MR) is 377 cm³/mol. The molecule has 13 aromatic rings. The number of aliphatic hydroxyl groups is 2. The third-order valence-electron chi connectivity index (χ3n) is 15.2. The summed E-state index contributed by atoms with van der Waals surface area (Å²) in [6.45, 7) is 6.66. The monoisotopic (exact) mass is 1370 g/mol. The number of para-hydroxylation sites is 2. The van der Waals surface area contributed by atoms with Gasteiger partial charge in [0.25, 0.3) is 17.0 Å². The van der Waals surface area contributed by atoms with Crippen LogP contribution in [0.1, 0.15) is 46.0 Å². The van der Waals surface area contributed by atoms with E-state index in [-0.39, 0.29) is 41.5 Å². The van der Waals surface area contributed by atoms with Crippen molar-refractivity contribution in [3.8, 4) is 33.6 Å². The Hall–Kier alpha value is -11.3. The Morgan fingerprint density at radius 2 is 0.948 bits per heavy atom. The molecule has 0 unspecified atom stereocenters. The zero-order valence-corrected chi connectivity index (χ0v) is 54.3. The zero-order chi connectivity index (χ0) is 69.6. The van der Waals surface area contributed by atoms with Gasteiger partial charge in [-0.05, 0) is 179 Å². The maximum Gasteiger partial charge on any atom is 0.489 e. The van der Waals surface area contributed by atoms with Gasteiger partial charge < -0.3 is 42.2 Å². The highest BCUT2D eigenvalue weighted by atomic mass is 79.9. The first-order valence-corrected chi connectivity index (χ1v) is 30.9. The Morgan fingerprint density at radius 3 is 1.39 bits per heavy atom. The molecule has 5 aromatic heterocycles. The number of pyridine rings is 3. The molecular formula is C73H65BBrF3N10O9. The molecule has 97 heavy (non-hydrogen) atoms. The van der Waals surface area contributed by atoms with Crippen molar-refractivity contribution in [1.29, 1.82) is 0 Å². The van der Waals surface area contributed by atoms with Gasteiger partial charge in [-0.1, -0.05) is 91.0 Å². The van der Waals surface area contributed by atoms with E-state index in [0.29, 0.717) is 60.8 Å². The molecule has 8 aromatic carbocycles. The summed E-state index contributed by atoms with van der Waals surface area (Å²) in [5.74, 6) is -3.05. The lowest BCUT2D eigenvalue weighted by molar-refractivity contribution is 0.0693. The molecule has 0 aliphatic heterocycles. The van der Waals surface area contributed by atoms with E-state index in [9.17, 15) is 43.3 Å². The summed E-state index contributed by atoms with van der Waals surface area (Å²) in [7, 11) is -1.42. The van der Waals surface area contributed by atoms with Gasteiger partial charge in [0.15, 0.2) is 0 Å². The number of hydrogen-bond donors (Lipinski definition) is 8. The van der Waals surface area contributed by atoms with Crippen LogP contribution in [0.15, 0.2) is 239 Å². The SMILES string of the molecule is Cc1c(C(=O)Nc2ccc(-c3cccc4cnccc34)c(F)c2)c(=O)n(-c2ccccc2)n1C[C@H](C)O.Cc1c(C(=O)O)c(=O)n(-c2ccccc2)n1C[C@H](C)O.Nc1ccc(-c2cccc3cnccc23)c(F)c1.Nc1ccc(Br)c(F)c1.OB(O)c1cccc2cnccc12. The van der Waals surface area contributed by atoms with Crippen LogP contribution in [0.2, 0.25) is 0 Å². The second-order valence-electron chi connectivity index (χ2n) is 22.2. The summed E-state index contributed by atoms with van der Waals surface area (Å²) >= 11 is 3.00. The van der Waals surface area contributed by atoms with Crippen molar-refractivity contribution in [3.63, 3.8) is 0 Å². The fraction of sp³-hybridized carbons (Fsp3) is 0.110. The molecule has 24 heteroatoms. The number of carboxylic acid groups (broad SMARTS) is 1. The van der Waals surface area contributed by atoms with E-state index in [0.717, 1.165) is 37.9 Å². The summed E-state index contributed by atoms with van der Waals surface area (Å²) in [5, 5.41) is 55.0. The number of halogens is 4. The van der Waals surface area contributed by atoms with Crippen molar-refractivity contribution in [3.05, 3.63) is 290 Å². The first-order valence-electron chi connectivity index (χ1n) is 30.1. The minimum absolute atomic E-state index is 0.0736. The molecule has 5 heterocycles. The number of aromatic nitrogens is 7. The molecule has 19 nitrogen and oxygen atoms in total. The lowest BCUT2D eigenvalue weighted by Crippen LogP contribution is -2.30. The molecule has 10 N–H and O–H groups in total. The molecule has 0 saturated carbocycles. The number of nitrogens with one attached hydrogen (secondary N) is 1. The predicted octanol–water partition coefficient (Wildman–Crippen LogP) is 11.7. The van der Waals surface area contributed by atoms with Gasteiger partial charge in [-0.15, -0.1) is 0 Å². The minimum atomic E-state index is -1.42. The van der Waals surface area contributed by atoms with Crippen LogP contribution >= 0.6 is 15.9 Å². The van der Waals surface area contributed by atoms with Crippen LogP contribution < -0.4 is 33.4 Å². The number of carbonyl (C=O) groups excluding carboxylic acids is 1. The van der Waals surface area contributed by atoms with Gasteiger partial charge >= 0.3 is 13.1 Å². The number of hydrogen-bond acceptors (Lipinski definition) is 13. The van der Waals surface area contributed by atoms with E-state index in [4.69, 9.17) is 21.5 Å². The molecule has 0 aliphatic rings. The Kier molecular flexibility index (Phi) is 22.9. The Labute approximate surface area is 562 Å². The molecule has 0 saturated heterocycles. The average Bonchev–Trinajstić information content (AvgIpc) is 1.71. The number of rotatable bonds is 12. The number of benzene rings is 8. The summed E-state index contributed by atoms with van der Waals surface area (Å²) in [4.78, 5) is 62.3. The fourth-order valence-electron chi connectivity index (χ4n) is 10.8. The summed E-state index contributed by atoms with van der Waals surface area (Å²) < 4.78 is 47.8. The van der Waals surface area contributed by atoms with Crippen molar-refractivity contribution in [2.24, 2.45) is 0 Å². The van der Waals surface area contributed by atoms with Crippen molar-refractivity contribution in [2.45, 2.75) is 53.0 Å². The number of amides is 1. The molecule has 0 aliphatic carbocycles. The number of nitrogens with two attached hydrogens (primary N) is 2. The van der Waals surface area contributed by atoms with E-state index < -0.39 is 48.1 Å². The van der Waals surface area contributed by atoms with Crippen molar-refractivity contribution in [2.75, 3.05) is 16.8 Å². The summed E-state index contributed by atoms with van der Waals surface area (Å²) in [5.41, 5.74) is 15.3. The van der Waals surface area contributed by atoms with Gasteiger partial charge in [0.2, 0.25) is 0 Å². The highest BCUT2D eigenvalue weighted by molar-refractivity contribution is 9.10. The first-order chi connectivity index (χ1) is 46.5. The van der Waals surface area contributed by atoms with Crippen LogP contribution in [-0.4, -0.2) is 90.2 Å². The maximum atomic E-state index is 15.2. The highest BCUT2D eigenvalue weighted by Gasteiger charge is 2.26. The normalized spacial score (nSPS) is 11.4. The van der Waals surface area contributed by atoms with Gasteiger partial charge in [0.1, 0.15) is 28.6 Å². The van der Waals surface area contributed by atoms with Gasteiger partial charge in [0, 0.05) is 76.1 Å². The summed E-state index contributed by atoms with van der Waals surface area (Å²) in [6.07, 6.45) is 8.75. The molecule has 492 valence electrons. The van der Waals surface area contributed by atoms with Gasteiger partial charge in [-0.3, -0.25) is 38.7 Å². The maximum absolute atomic E-state index is 15.2. The third-order valence-corrected chi connectivity index (χ3v) is 15.9. The number of carbonyl (C=O) groups is 2. The van der Waals surface area contributed by atoms with Crippen molar-refractivity contribution < 1.29 is 48.1 Å². The standard InChI is InChI=1S/C29H25FN4O3.C15H11FN2.C14H16N2O4.C9H8BNO2.C6H5BrFN/c1-18(35)17-33-19(2)27(29(37)34(33)22-8-4-3-5-9-22)28(36)32-21-11-12-25(26(30)15-21)24-10-6-7-20-16-31-14-13-23(20)24;16-15-8-11(17)4-5-14(15)13-3-1-2-10-9-18-7-6-12(10)13;1-9(17)8-15-10(2)12(14(19)20)13(18)16(15)11-6-4-3-5-7-11;12-10(13)9-3-1-2-7-6-11-5-4-8(7)9;7-5-2-1-4(9)3-6(5)8/h3-16,18,35H,17H2,1-2H3,(H,32,36);1-9H,17H2;3-7,9,17H,8H2,1-2H3,(H,19,20);1-6,12-13H;1-3H,9H2/t18-;;9-;;/m0.0../s1. The second kappa shape index (κ2) is 31.8. The van der Waals surface area contributed by atoms with E-state index in [2.05, 4.69) is 36.2 Å². The zero-order valence-electron chi connectivity index (χ0n) is 52.7. The lowest BCUT2D eigenvalue weighted by atomic mass is 9.77. The quantitative estimate of drug-likeness (QED) is 0.0417. The first kappa shape index (κ1) is 70.1. The molecule has 0 fully saturated rings. The number of nitrogens with zero attached hydrogens (tertiary/aromatic N) is 7. The Morgan fingerprint density at radius 1 is 0.526 bits per heavy atom. The molecule has 0 spiro atoms. The fourth-order valence-corrected chi connectivity index (χ4v) is 11.0. The number of anilines is 3. The molecular weight excluding hydrogens is 1310 g/mol. The number of aliphatic hydroxyl groups excluding tert-OH is 2. The Balaban J connectivity index is 0.000000155. The molecule has 2 atom stereocenters. The van der Waals surface area contributed by atoms with Crippen molar-refractivity contribution >= 4 is 89.8 Å². The van der Waals surface area contributed by atoms with E-state index in [1.807, 2.05) is 60.7 Å². The van der Waals surface area contributed by atoms with E-state index in [1.54, 1.807) is 179 Å². The molecule has 13 rings (SSSR count). The lowest BCUT2D eigenvalue weighted by Gasteiger charge is -2.15.